The van der Waals surface area contributed by atoms with Crippen LogP contribution in [0.5, 0.6) is 0 Å². The van der Waals surface area contributed by atoms with Crippen molar-refractivity contribution in [3.8, 4) is 0 Å². The van der Waals surface area contributed by atoms with Crippen molar-refractivity contribution < 1.29 is 13.2 Å². The van der Waals surface area contributed by atoms with Crippen molar-refractivity contribution in [3.63, 3.8) is 0 Å². The number of sulfonamides is 1. The molecule has 0 unspecified atom stereocenters. The number of nitrogens with one attached hydrogen (secondary N) is 1. The molecule has 1 N–H and O–H groups in total. The van der Waals surface area contributed by atoms with E-state index in [4.69, 9.17) is 16.3 Å². The standard InChI is InChI=1S/C10H15BrClNO3S2/c1-2-3-5-16-6-4-13-18(14,15)9-7-8(12)10(11)17-9/h7,13H,2-6H2,1H3. The van der Waals surface area contributed by atoms with Crippen molar-refractivity contribution in [2.45, 2.75) is 24.0 Å². The van der Waals surface area contributed by atoms with Gasteiger partial charge < -0.3 is 4.74 Å². The molecule has 0 aliphatic heterocycles. The smallest absolute Gasteiger partial charge is 0.250 e. The highest BCUT2D eigenvalue weighted by Gasteiger charge is 2.18. The maximum absolute atomic E-state index is 11.9. The molecule has 4 nitrogen and oxygen atoms in total. The molecule has 1 rings (SSSR count). The largest absolute Gasteiger partial charge is 0.380 e. The average Bonchev–Trinajstić information content (AvgIpc) is 2.65. The molecule has 0 aromatic carbocycles. The van der Waals surface area contributed by atoms with Crippen LogP contribution in [0.3, 0.4) is 0 Å². The summed E-state index contributed by atoms with van der Waals surface area (Å²) in [5.74, 6) is 0. The van der Waals surface area contributed by atoms with Crippen molar-refractivity contribution in [1.82, 2.24) is 4.72 Å². The third kappa shape index (κ3) is 5.14. The number of rotatable bonds is 8. The molecule has 18 heavy (non-hydrogen) atoms. The second-order valence-electron chi connectivity index (χ2n) is 3.55. The van der Waals surface area contributed by atoms with E-state index in [0.29, 0.717) is 22.0 Å². The molecule has 0 fully saturated rings. The lowest BCUT2D eigenvalue weighted by Crippen LogP contribution is -2.26. The van der Waals surface area contributed by atoms with E-state index in [2.05, 4.69) is 27.6 Å². The van der Waals surface area contributed by atoms with E-state index in [0.717, 1.165) is 24.2 Å². The Labute approximate surface area is 125 Å². The summed E-state index contributed by atoms with van der Waals surface area (Å²) >= 11 is 10.1. The predicted octanol–water partition coefficient (Wildman–Crippen LogP) is 3.26. The summed E-state index contributed by atoms with van der Waals surface area (Å²) in [6.07, 6.45) is 2.05. The molecule has 0 bridgehead atoms. The molecule has 0 atom stereocenters. The van der Waals surface area contributed by atoms with Gasteiger partial charge in [0.1, 0.15) is 4.21 Å². The lowest BCUT2D eigenvalue weighted by molar-refractivity contribution is 0.136. The third-order valence-electron chi connectivity index (χ3n) is 2.07. The van der Waals surface area contributed by atoms with E-state index in [-0.39, 0.29) is 10.8 Å². The fourth-order valence-electron chi connectivity index (χ4n) is 1.13. The van der Waals surface area contributed by atoms with Gasteiger partial charge in [0.2, 0.25) is 10.0 Å². The summed E-state index contributed by atoms with van der Waals surface area (Å²) in [5, 5.41) is 0.402. The van der Waals surface area contributed by atoms with Crippen LogP contribution in [0.25, 0.3) is 0 Å². The van der Waals surface area contributed by atoms with Crippen LogP contribution in [-0.4, -0.2) is 28.2 Å². The lowest BCUT2D eigenvalue weighted by Gasteiger charge is -2.05. The summed E-state index contributed by atoms with van der Waals surface area (Å²) in [6.45, 7) is 3.37. The Morgan fingerprint density at radius 2 is 2.22 bits per heavy atom. The zero-order valence-corrected chi connectivity index (χ0v) is 13.9. The van der Waals surface area contributed by atoms with Gasteiger partial charge in [0.15, 0.2) is 0 Å². The monoisotopic (exact) mass is 375 g/mol. The van der Waals surface area contributed by atoms with Gasteiger partial charge in [-0.3, -0.25) is 0 Å². The molecule has 0 spiro atoms. The van der Waals surface area contributed by atoms with E-state index >= 15 is 0 Å². The first-order chi connectivity index (χ1) is 8.47. The molecule has 1 aromatic rings. The fraction of sp³-hybridized carbons (Fsp3) is 0.600. The highest BCUT2D eigenvalue weighted by atomic mass is 79.9. The van der Waals surface area contributed by atoms with Crippen LogP contribution in [0.15, 0.2) is 14.1 Å². The Balaban J connectivity index is 2.41. The maximum atomic E-state index is 11.9. The van der Waals surface area contributed by atoms with Crippen molar-refractivity contribution in [2.24, 2.45) is 0 Å². The molecule has 0 saturated carbocycles. The van der Waals surface area contributed by atoms with Crippen molar-refractivity contribution in [2.75, 3.05) is 19.8 Å². The number of hydrogen-bond donors (Lipinski definition) is 1. The van der Waals surface area contributed by atoms with Crippen molar-refractivity contribution in [3.05, 3.63) is 14.9 Å². The zero-order chi connectivity index (χ0) is 13.6. The van der Waals surface area contributed by atoms with Crippen LogP contribution in [0.2, 0.25) is 5.02 Å². The van der Waals surface area contributed by atoms with Crippen molar-refractivity contribution >= 4 is 48.9 Å². The SMILES string of the molecule is CCCCOCCNS(=O)(=O)c1cc(Cl)c(Br)s1. The zero-order valence-electron chi connectivity index (χ0n) is 9.91. The van der Waals surface area contributed by atoms with Gasteiger partial charge in [0.05, 0.1) is 15.4 Å². The molecule has 1 aromatic heterocycles. The van der Waals surface area contributed by atoms with E-state index in [1.165, 1.54) is 6.07 Å². The van der Waals surface area contributed by atoms with E-state index in [1.807, 2.05) is 0 Å². The van der Waals surface area contributed by atoms with Crippen LogP contribution in [0, 0.1) is 0 Å². The average molecular weight is 377 g/mol. The maximum Gasteiger partial charge on any atom is 0.250 e. The Kier molecular flexibility index (Phi) is 7.12. The molecule has 0 saturated heterocycles. The molecule has 0 aliphatic rings. The number of hydrogen-bond acceptors (Lipinski definition) is 4. The molecule has 1 heterocycles. The molecule has 104 valence electrons. The molecule has 8 heteroatoms. The lowest BCUT2D eigenvalue weighted by atomic mass is 10.4. The summed E-state index contributed by atoms with van der Waals surface area (Å²) in [6, 6.07) is 1.43. The first-order valence-electron chi connectivity index (χ1n) is 5.49. The summed E-state index contributed by atoms with van der Waals surface area (Å²) < 4.78 is 32.3. The van der Waals surface area contributed by atoms with Gasteiger partial charge in [-0.15, -0.1) is 11.3 Å². The van der Waals surface area contributed by atoms with Gasteiger partial charge in [0, 0.05) is 13.2 Å². The number of unbranched alkanes of at least 4 members (excludes halogenated alkanes) is 1. The van der Waals surface area contributed by atoms with Crippen LogP contribution < -0.4 is 4.72 Å². The number of ether oxygens (including phenoxy) is 1. The highest BCUT2D eigenvalue weighted by molar-refractivity contribution is 9.11. The quantitative estimate of drug-likeness (QED) is 0.709. The third-order valence-corrected chi connectivity index (χ3v) is 6.48. The number of thiophene rings is 1. The second kappa shape index (κ2) is 7.81. The van der Waals surface area contributed by atoms with E-state index in [1.54, 1.807) is 0 Å². The summed E-state index contributed by atoms with van der Waals surface area (Å²) in [7, 11) is -3.48. The van der Waals surface area contributed by atoms with Gasteiger partial charge >= 0.3 is 0 Å². The Hall–Kier alpha value is 0.340. The Morgan fingerprint density at radius 3 is 2.78 bits per heavy atom. The topological polar surface area (TPSA) is 55.4 Å². The minimum Gasteiger partial charge on any atom is -0.380 e. The Bertz CT molecular complexity index is 456. The number of halogens is 2. The van der Waals surface area contributed by atoms with Crippen LogP contribution in [0.1, 0.15) is 19.8 Å². The fourth-order valence-corrected chi connectivity index (χ4v) is 4.58. The molecule has 0 amide bonds. The normalized spacial score (nSPS) is 11.9. The highest BCUT2D eigenvalue weighted by Crippen LogP contribution is 2.34. The molecule has 0 aliphatic carbocycles. The van der Waals surface area contributed by atoms with Crippen molar-refractivity contribution in [1.29, 1.82) is 0 Å². The molecular formula is C10H15BrClNO3S2. The Morgan fingerprint density at radius 1 is 1.50 bits per heavy atom. The minimum atomic E-state index is -3.48. The first kappa shape index (κ1) is 16.4. The van der Waals surface area contributed by atoms with Gasteiger partial charge in [-0.25, -0.2) is 13.1 Å². The summed E-state index contributed by atoms with van der Waals surface area (Å²) in [5.41, 5.74) is 0. The van der Waals surface area contributed by atoms with Crippen LogP contribution >= 0.6 is 38.9 Å². The van der Waals surface area contributed by atoms with Gasteiger partial charge in [-0.1, -0.05) is 24.9 Å². The first-order valence-corrected chi connectivity index (χ1v) is 8.96. The van der Waals surface area contributed by atoms with Crippen LogP contribution in [0.4, 0.5) is 0 Å². The minimum absolute atomic E-state index is 0.202. The second-order valence-corrected chi connectivity index (χ2v) is 8.32. The van der Waals surface area contributed by atoms with Gasteiger partial charge in [-0.2, -0.15) is 0 Å². The van der Waals surface area contributed by atoms with Gasteiger partial charge in [-0.05, 0) is 28.4 Å². The summed E-state index contributed by atoms with van der Waals surface area (Å²) in [4.78, 5) is 0. The predicted molar refractivity (Wildman–Crippen MR) is 77.9 cm³/mol. The van der Waals surface area contributed by atoms with E-state index in [9.17, 15) is 8.42 Å². The molecular weight excluding hydrogens is 362 g/mol. The van der Waals surface area contributed by atoms with Gasteiger partial charge in [0.25, 0.3) is 0 Å². The molecule has 0 radical (unpaired) electrons. The van der Waals surface area contributed by atoms with E-state index < -0.39 is 10.0 Å². The van der Waals surface area contributed by atoms with Crippen LogP contribution in [-0.2, 0) is 14.8 Å².